The van der Waals surface area contributed by atoms with Gasteiger partial charge < -0.3 is 9.84 Å². The molecule has 0 aliphatic carbocycles. The highest BCUT2D eigenvalue weighted by Gasteiger charge is 2.29. The smallest absolute Gasteiger partial charge is 0.332 e. The maximum Gasteiger partial charge on any atom is 0.332 e. The van der Waals surface area contributed by atoms with Gasteiger partial charge in [-0.3, -0.25) is 0 Å². The molecule has 76 valence electrons. The summed E-state index contributed by atoms with van der Waals surface area (Å²) >= 11 is 1.85. The van der Waals surface area contributed by atoms with E-state index in [1.54, 1.807) is 0 Å². The molecule has 4 heteroatoms. The van der Waals surface area contributed by atoms with Gasteiger partial charge in [0.05, 0.1) is 6.10 Å². The van der Waals surface area contributed by atoms with Crippen molar-refractivity contribution in [3.63, 3.8) is 0 Å². The lowest BCUT2D eigenvalue weighted by atomic mass is 10.2. The zero-order chi connectivity index (χ0) is 9.68. The fraction of sp³-hybridized carbons (Fsp3) is 0.889. The Hall–Kier alpha value is -0.220. The molecule has 1 heterocycles. The Morgan fingerprint density at radius 1 is 1.62 bits per heavy atom. The lowest BCUT2D eigenvalue weighted by Crippen LogP contribution is -2.21. The number of hydrogen-bond acceptors (Lipinski definition) is 3. The number of ether oxygens (including phenoxy) is 1. The van der Waals surface area contributed by atoms with Crippen LogP contribution in [0.15, 0.2) is 0 Å². The lowest BCUT2D eigenvalue weighted by molar-refractivity contribution is -0.148. The average molecular weight is 204 g/mol. The van der Waals surface area contributed by atoms with Crippen LogP contribution in [0.25, 0.3) is 0 Å². The third-order valence-corrected chi connectivity index (χ3v) is 3.34. The van der Waals surface area contributed by atoms with Gasteiger partial charge in [0.25, 0.3) is 0 Å². The maximum atomic E-state index is 10.5. The number of carboxylic acids is 1. The van der Waals surface area contributed by atoms with E-state index < -0.39 is 12.1 Å². The fourth-order valence-electron chi connectivity index (χ4n) is 1.37. The molecule has 0 radical (unpaired) electrons. The van der Waals surface area contributed by atoms with Gasteiger partial charge in [-0.25, -0.2) is 4.79 Å². The Kier molecular flexibility index (Phi) is 4.59. The van der Waals surface area contributed by atoms with E-state index in [0.717, 1.165) is 17.9 Å². The van der Waals surface area contributed by atoms with Crippen molar-refractivity contribution in [3.05, 3.63) is 0 Å². The van der Waals surface area contributed by atoms with Crippen LogP contribution < -0.4 is 0 Å². The number of hydrogen-bond donors (Lipinski definition) is 1. The van der Waals surface area contributed by atoms with E-state index >= 15 is 0 Å². The zero-order valence-corrected chi connectivity index (χ0v) is 8.68. The van der Waals surface area contributed by atoms with Crippen molar-refractivity contribution >= 4 is 17.7 Å². The van der Waals surface area contributed by atoms with Crippen LogP contribution in [0.5, 0.6) is 0 Å². The van der Waals surface area contributed by atoms with E-state index in [0.29, 0.717) is 6.42 Å². The average Bonchev–Trinajstić information content (AvgIpc) is 2.53. The van der Waals surface area contributed by atoms with Crippen LogP contribution in [0.2, 0.25) is 0 Å². The van der Waals surface area contributed by atoms with Crippen molar-refractivity contribution in [3.8, 4) is 0 Å². The summed E-state index contributed by atoms with van der Waals surface area (Å²) in [5.74, 6) is 1.26. The Labute approximate surface area is 82.8 Å². The third kappa shape index (κ3) is 3.56. The molecule has 0 aromatic rings. The summed E-state index contributed by atoms with van der Waals surface area (Å²) in [6.07, 6.45) is 2.35. The normalized spacial score (nSPS) is 27.8. The van der Waals surface area contributed by atoms with E-state index in [1.807, 2.05) is 11.8 Å². The maximum absolute atomic E-state index is 10.5. The molecule has 0 spiro atoms. The molecule has 1 N–H and O–H groups in total. The molecule has 2 atom stereocenters. The van der Waals surface area contributed by atoms with E-state index in [2.05, 4.69) is 6.92 Å². The molecule has 0 aromatic heterocycles. The molecule has 0 aromatic carbocycles. The van der Waals surface area contributed by atoms with Crippen molar-refractivity contribution in [2.75, 3.05) is 11.5 Å². The monoisotopic (exact) mass is 204 g/mol. The van der Waals surface area contributed by atoms with Crippen LogP contribution in [0.3, 0.4) is 0 Å². The van der Waals surface area contributed by atoms with Crippen molar-refractivity contribution in [2.24, 2.45) is 0 Å². The van der Waals surface area contributed by atoms with Crippen molar-refractivity contribution in [2.45, 2.75) is 38.4 Å². The molecule has 1 aliphatic heterocycles. The highest BCUT2D eigenvalue weighted by atomic mass is 32.2. The SMILES string of the molecule is CCCSCC1CCC(C(=O)O)O1. The van der Waals surface area contributed by atoms with E-state index in [9.17, 15) is 4.79 Å². The molecular weight excluding hydrogens is 188 g/mol. The second kappa shape index (κ2) is 5.50. The number of rotatable bonds is 5. The quantitative estimate of drug-likeness (QED) is 0.693. The summed E-state index contributed by atoms with van der Waals surface area (Å²) in [5, 5.41) is 8.67. The van der Waals surface area contributed by atoms with Gasteiger partial charge in [0, 0.05) is 5.75 Å². The predicted molar refractivity (Wildman–Crippen MR) is 53.1 cm³/mol. The Bertz CT molecular complexity index is 172. The number of thioether (sulfide) groups is 1. The van der Waals surface area contributed by atoms with Crippen LogP contribution in [0.4, 0.5) is 0 Å². The largest absolute Gasteiger partial charge is 0.479 e. The second-order valence-electron chi connectivity index (χ2n) is 3.24. The van der Waals surface area contributed by atoms with E-state index in [1.165, 1.54) is 6.42 Å². The molecule has 0 saturated carbocycles. The standard InChI is InChI=1S/C9H16O3S/c1-2-5-13-6-7-3-4-8(12-7)9(10)11/h7-8H,2-6H2,1H3,(H,10,11). The first kappa shape index (κ1) is 10.9. The van der Waals surface area contributed by atoms with Gasteiger partial charge in [-0.15, -0.1) is 0 Å². The third-order valence-electron chi connectivity index (χ3n) is 2.04. The summed E-state index contributed by atoms with van der Waals surface area (Å²) < 4.78 is 5.35. The molecule has 3 nitrogen and oxygen atoms in total. The van der Waals surface area contributed by atoms with Crippen LogP contribution in [-0.2, 0) is 9.53 Å². The molecule has 0 bridgehead atoms. The Morgan fingerprint density at radius 2 is 2.38 bits per heavy atom. The molecule has 1 aliphatic rings. The first-order chi connectivity index (χ1) is 6.24. The fourth-order valence-corrected chi connectivity index (χ4v) is 2.33. The van der Waals surface area contributed by atoms with Gasteiger partial charge >= 0.3 is 5.97 Å². The van der Waals surface area contributed by atoms with Crippen LogP contribution in [0.1, 0.15) is 26.2 Å². The number of carbonyl (C=O) groups is 1. The number of aliphatic carboxylic acids is 1. The summed E-state index contributed by atoms with van der Waals surface area (Å²) in [6.45, 7) is 2.14. The van der Waals surface area contributed by atoms with Crippen molar-refractivity contribution in [1.82, 2.24) is 0 Å². The van der Waals surface area contributed by atoms with Crippen LogP contribution in [0, 0.1) is 0 Å². The topological polar surface area (TPSA) is 46.5 Å². The molecule has 1 rings (SSSR count). The minimum Gasteiger partial charge on any atom is -0.479 e. The van der Waals surface area contributed by atoms with Crippen LogP contribution in [-0.4, -0.2) is 34.8 Å². The van der Waals surface area contributed by atoms with Gasteiger partial charge in [0.1, 0.15) is 0 Å². The minimum atomic E-state index is -0.817. The van der Waals surface area contributed by atoms with Gasteiger partial charge in [-0.05, 0) is 25.0 Å². The van der Waals surface area contributed by atoms with E-state index in [4.69, 9.17) is 9.84 Å². The first-order valence-electron chi connectivity index (χ1n) is 4.70. The minimum absolute atomic E-state index is 0.164. The van der Waals surface area contributed by atoms with Gasteiger partial charge in [-0.1, -0.05) is 6.92 Å². The van der Waals surface area contributed by atoms with Crippen molar-refractivity contribution < 1.29 is 14.6 Å². The Balaban J connectivity index is 2.14. The molecular formula is C9H16O3S. The van der Waals surface area contributed by atoms with Gasteiger partial charge in [0.2, 0.25) is 0 Å². The summed E-state index contributed by atoms with van der Waals surface area (Å²) in [4.78, 5) is 10.5. The highest BCUT2D eigenvalue weighted by molar-refractivity contribution is 7.99. The summed E-state index contributed by atoms with van der Waals surface area (Å²) in [7, 11) is 0. The first-order valence-corrected chi connectivity index (χ1v) is 5.85. The van der Waals surface area contributed by atoms with Gasteiger partial charge in [0.15, 0.2) is 6.10 Å². The molecule has 1 fully saturated rings. The molecule has 13 heavy (non-hydrogen) atoms. The molecule has 0 amide bonds. The van der Waals surface area contributed by atoms with Crippen molar-refractivity contribution in [1.29, 1.82) is 0 Å². The molecule has 1 saturated heterocycles. The zero-order valence-electron chi connectivity index (χ0n) is 7.86. The highest BCUT2D eigenvalue weighted by Crippen LogP contribution is 2.23. The second-order valence-corrected chi connectivity index (χ2v) is 4.39. The van der Waals surface area contributed by atoms with Crippen LogP contribution >= 0.6 is 11.8 Å². The summed E-state index contributed by atoms with van der Waals surface area (Å²) in [5.41, 5.74) is 0. The predicted octanol–water partition coefficient (Wildman–Crippen LogP) is 1.76. The lowest BCUT2D eigenvalue weighted by Gasteiger charge is -2.09. The molecule has 2 unspecified atom stereocenters. The van der Waals surface area contributed by atoms with Gasteiger partial charge in [-0.2, -0.15) is 11.8 Å². The van der Waals surface area contributed by atoms with E-state index in [-0.39, 0.29) is 6.10 Å². The summed E-state index contributed by atoms with van der Waals surface area (Å²) in [6, 6.07) is 0. The Morgan fingerprint density at radius 3 is 2.92 bits per heavy atom. The number of carboxylic acid groups (broad SMARTS) is 1.